The van der Waals surface area contributed by atoms with Crippen molar-refractivity contribution in [3.63, 3.8) is 0 Å². The average molecular weight is 98.1 g/mol. The van der Waals surface area contributed by atoms with Crippen LogP contribution in [-0.4, -0.2) is 10.1 Å². The molecule has 0 bridgehead atoms. The van der Waals surface area contributed by atoms with Crippen LogP contribution >= 0.6 is 0 Å². The van der Waals surface area contributed by atoms with E-state index in [9.17, 15) is 0 Å². The van der Waals surface area contributed by atoms with Crippen LogP contribution < -0.4 is 0 Å². The van der Waals surface area contributed by atoms with Crippen molar-refractivity contribution in [1.29, 1.82) is 0 Å². The minimum atomic E-state index is -0.535. The van der Waals surface area contributed by atoms with E-state index in [2.05, 4.69) is 4.98 Å². The van der Waals surface area contributed by atoms with Gasteiger partial charge in [-0.25, -0.2) is 0 Å². The quantitative estimate of drug-likeness (QED) is 0.520. The van der Waals surface area contributed by atoms with Crippen molar-refractivity contribution in [1.82, 2.24) is 4.98 Å². The lowest BCUT2D eigenvalue weighted by Gasteiger charge is -1.81. The molecule has 0 unspecified atom stereocenters. The van der Waals surface area contributed by atoms with Gasteiger partial charge in [-0.15, -0.1) is 0 Å². The van der Waals surface area contributed by atoms with Crippen LogP contribution in [0.4, 0.5) is 0 Å². The second kappa shape index (κ2) is 1.60. The molecule has 0 saturated carbocycles. The molecule has 1 aromatic heterocycles. The van der Waals surface area contributed by atoms with Gasteiger partial charge in [0.05, 0.1) is 10.3 Å². The zero-order chi connectivity index (χ0) is 7.72. The zero-order valence-corrected chi connectivity index (χ0v) is 3.47. The van der Waals surface area contributed by atoms with Gasteiger partial charge in [-0.1, -0.05) is 0 Å². The molecule has 0 atom stereocenters. The average Bonchev–Trinajstić information content (AvgIpc) is 1.93. The molecule has 0 fully saturated rings. The van der Waals surface area contributed by atoms with Crippen molar-refractivity contribution < 1.29 is 9.22 Å². The van der Waals surface area contributed by atoms with E-state index in [-0.39, 0.29) is 18.3 Å². The first-order valence-corrected chi connectivity index (χ1v) is 1.74. The Morgan fingerprint density at radius 2 is 2.71 bits per heavy atom. The zero-order valence-electron chi connectivity index (χ0n) is 6.47. The van der Waals surface area contributed by atoms with Crippen LogP contribution in [0.1, 0.15) is 4.11 Å². The van der Waals surface area contributed by atoms with Crippen LogP contribution in [-0.2, 0) is 0 Å². The third kappa shape index (κ3) is 0.892. The van der Waals surface area contributed by atoms with Gasteiger partial charge < -0.3 is 5.11 Å². The number of hydrogen-bond acceptors (Lipinski definition) is 2. The van der Waals surface area contributed by atoms with Crippen molar-refractivity contribution in [2.45, 2.75) is 0 Å². The van der Waals surface area contributed by atoms with Crippen LogP contribution in [0, 0.1) is 0 Å². The summed E-state index contributed by atoms with van der Waals surface area (Å²) < 4.78 is 20.8. The van der Waals surface area contributed by atoms with E-state index >= 15 is 0 Å². The van der Waals surface area contributed by atoms with Crippen molar-refractivity contribution >= 4 is 0 Å². The van der Waals surface area contributed by atoms with Gasteiger partial charge in [-0.05, 0) is 12.1 Å². The highest BCUT2D eigenvalue weighted by molar-refractivity contribution is 5.12. The summed E-state index contributed by atoms with van der Waals surface area (Å²) in [5.74, 6) is -0.535. The molecular weight excluding hydrogens is 90.1 g/mol. The van der Waals surface area contributed by atoms with Crippen molar-refractivity contribution in [2.75, 3.05) is 0 Å². The Kier molecular flexibility index (Phi) is 0.416. The Bertz CT molecular complexity index is 236. The standard InChI is InChI=1S/C5H5NO/c7-5-2-1-3-6-4-5/h1-4,7H/i1D,2D,4D. The molecule has 0 amide bonds. The van der Waals surface area contributed by atoms with Gasteiger partial charge in [0.2, 0.25) is 0 Å². The number of rotatable bonds is 0. The number of aromatic nitrogens is 1. The largest absolute Gasteiger partial charge is 0.506 e. The summed E-state index contributed by atoms with van der Waals surface area (Å²) in [4.78, 5) is 3.35. The highest BCUT2D eigenvalue weighted by Gasteiger charge is 1.76. The van der Waals surface area contributed by atoms with Crippen molar-refractivity contribution in [3.8, 4) is 5.75 Å². The highest BCUT2D eigenvalue weighted by Crippen LogP contribution is 1.99. The second-order valence-electron chi connectivity index (χ2n) is 0.988. The lowest BCUT2D eigenvalue weighted by Crippen LogP contribution is -1.64. The third-order valence-electron chi connectivity index (χ3n) is 0.490. The summed E-state index contributed by atoms with van der Waals surface area (Å²) in [6, 6.07) is -0.520. The molecule has 0 saturated heterocycles. The molecular formula is C5H5NO. The van der Waals surface area contributed by atoms with Crippen LogP contribution in [0.15, 0.2) is 24.5 Å². The summed E-state index contributed by atoms with van der Waals surface area (Å²) in [7, 11) is 0. The monoisotopic (exact) mass is 98.1 g/mol. The lowest BCUT2D eigenvalue weighted by atomic mass is 10.5. The number of pyridine rings is 1. The first-order valence-electron chi connectivity index (χ1n) is 3.24. The summed E-state index contributed by atoms with van der Waals surface area (Å²) in [5, 5.41) is 8.83. The Morgan fingerprint density at radius 1 is 1.86 bits per heavy atom. The van der Waals surface area contributed by atoms with Crippen LogP contribution in [0.2, 0.25) is 0 Å². The minimum absolute atomic E-state index is 0.173. The summed E-state index contributed by atoms with van der Waals surface area (Å²) in [5.41, 5.74) is 0. The summed E-state index contributed by atoms with van der Waals surface area (Å²) in [6.45, 7) is 0. The Labute approximate surface area is 45.7 Å². The van der Waals surface area contributed by atoms with E-state index in [1.807, 2.05) is 0 Å². The van der Waals surface area contributed by atoms with E-state index in [0.29, 0.717) is 0 Å². The molecule has 0 aromatic carbocycles. The maximum atomic E-state index is 8.83. The van der Waals surface area contributed by atoms with Gasteiger partial charge in [0.1, 0.15) is 5.75 Å². The molecule has 0 aliphatic rings. The van der Waals surface area contributed by atoms with Crippen LogP contribution in [0.3, 0.4) is 0 Å². The van der Waals surface area contributed by atoms with Gasteiger partial charge in [0.15, 0.2) is 0 Å². The number of aromatic hydroxyl groups is 1. The normalized spacial score (nSPS) is 14.6. The highest BCUT2D eigenvalue weighted by atomic mass is 16.3. The van der Waals surface area contributed by atoms with E-state index in [4.69, 9.17) is 9.22 Å². The number of nitrogens with zero attached hydrogens (tertiary/aromatic N) is 1. The molecule has 1 aromatic rings. The Balaban J connectivity index is 3.34. The van der Waals surface area contributed by atoms with Crippen LogP contribution in [0.5, 0.6) is 5.75 Å². The fourth-order valence-electron chi connectivity index (χ4n) is 0.254. The third-order valence-corrected chi connectivity index (χ3v) is 0.490. The fourth-order valence-corrected chi connectivity index (χ4v) is 0.254. The van der Waals surface area contributed by atoms with Gasteiger partial charge >= 0.3 is 0 Å². The first kappa shape index (κ1) is 1.82. The van der Waals surface area contributed by atoms with E-state index in [0.717, 1.165) is 6.20 Å². The summed E-state index contributed by atoms with van der Waals surface area (Å²) >= 11 is 0. The van der Waals surface area contributed by atoms with Gasteiger partial charge in [-0.2, -0.15) is 0 Å². The molecule has 0 spiro atoms. The van der Waals surface area contributed by atoms with E-state index < -0.39 is 5.75 Å². The van der Waals surface area contributed by atoms with Crippen LogP contribution in [0.25, 0.3) is 0 Å². The number of hydrogen-bond donors (Lipinski definition) is 1. The maximum absolute atomic E-state index is 8.83. The van der Waals surface area contributed by atoms with Crippen molar-refractivity contribution in [3.05, 3.63) is 24.5 Å². The smallest absolute Gasteiger partial charge is 0.133 e. The Hall–Kier alpha value is -1.05. The molecule has 0 aliphatic carbocycles. The second-order valence-corrected chi connectivity index (χ2v) is 0.988. The molecule has 2 heteroatoms. The van der Waals surface area contributed by atoms with Gasteiger partial charge in [0, 0.05) is 6.20 Å². The van der Waals surface area contributed by atoms with Crippen molar-refractivity contribution in [2.24, 2.45) is 0 Å². The molecule has 1 N–H and O–H groups in total. The lowest BCUT2D eigenvalue weighted by molar-refractivity contribution is 0.472. The fraction of sp³-hybridized carbons (Fsp3) is 0. The topological polar surface area (TPSA) is 33.1 Å². The SMILES string of the molecule is [2H]c1cnc([2H])c(O)c1[2H]. The van der Waals surface area contributed by atoms with E-state index in [1.54, 1.807) is 0 Å². The van der Waals surface area contributed by atoms with Gasteiger partial charge in [0.25, 0.3) is 0 Å². The van der Waals surface area contributed by atoms with Gasteiger partial charge in [-0.3, -0.25) is 4.98 Å². The maximum Gasteiger partial charge on any atom is 0.133 e. The molecule has 0 radical (unpaired) electrons. The molecule has 1 heterocycles. The molecule has 1 rings (SSSR count). The molecule has 0 aliphatic heterocycles. The van der Waals surface area contributed by atoms with E-state index in [1.165, 1.54) is 0 Å². The minimum Gasteiger partial charge on any atom is -0.506 e. The molecule has 36 valence electrons. The Morgan fingerprint density at radius 3 is 3.43 bits per heavy atom. The first-order chi connectivity index (χ1) is 4.63. The summed E-state index contributed by atoms with van der Waals surface area (Å²) in [6.07, 6.45) is 0.700. The predicted octanol–water partition coefficient (Wildman–Crippen LogP) is 0.787. The molecule has 7 heavy (non-hydrogen) atoms. The predicted molar refractivity (Wildman–Crippen MR) is 25.9 cm³/mol. The molecule has 2 nitrogen and oxygen atoms in total.